The number of aromatic hydroxyl groups is 1. The molecule has 114 valence electrons. The molecule has 2 aliphatic heterocycles. The lowest BCUT2D eigenvalue weighted by atomic mass is 9.89. The molecule has 4 nitrogen and oxygen atoms in total. The molecular weight excluding hydrogens is 379 g/mol. The van der Waals surface area contributed by atoms with Gasteiger partial charge in [-0.15, -0.1) is 0 Å². The maximum atomic E-state index is 12.7. The van der Waals surface area contributed by atoms with Crippen molar-refractivity contribution in [1.82, 2.24) is 10.2 Å². The Bertz CT molecular complexity index is 529. The number of phenols is 1. The predicted molar refractivity (Wildman–Crippen MR) is 90.5 cm³/mol. The average Bonchev–Trinajstić information content (AvgIpc) is 3.03. The molecule has 0 radical (unpaired) electrons. The van der Waals surface area contributed by atoms with E-state index < -0.39 is 0 Å². The molecule has 1 aromatic carbocycles. The Morgan fingerprint density at radius 3 is 2.95 bits per heavy atom. The van der Waals surface area contributed by atoms with Gasteiger partial charge >= 0.3 is 0 Å². The summed E-state index contributed by atoms with van der Waals surface area (Å²) in [6, 6.07) is 5.75. The van der Waals surface area contributed by atoms with Crippen LogP contribution in [0.15, 0.2) is 18.2 Å². The van der Waals surface area contributed by atoms with Gasteiger partial charge < -0.3 is 15.3 Å². The molecular formula is C16H21IN2O2. The van der Waals surface area contributed by atoms with Crippen LogP contribution in [0.3, 0.4) is 0 Å². The molecule has 1 amide bonds. The summed E-state index contributed by atoms with van der Waals surface area (Å²) in [6.45, 7) is 2.71. The van der Waals surface area contributed by atoms with Crippen molar-refractivity contribution in [2.24, 2.45) is 5.92 Å². The van der Waals surface area contributed by atoms with E-state index in [0.29, 0.717) is 17.5 Å². The second kappa shape index (κ2) is 6.52. The Kier molecular flexibility index (Phi) is 4.69. The summed E-state index contributed by atoms with van der Waals surface area (Å²) in [5.41, 5.74) is 0.432. The van der Waals surface area contributed by atoms with Crippen LogP contribution in [0, 0.1) is 9.49 Å². The van der Waals surface area contributed by atoms with Crippen molar-refractivity contribution in [1.29, 1.82) is 0 Å². The largest absolute Gasteiger partial charge is 0.507 e. The summed E-state index contributed by atoms with van der Waals surface area (Å²) in [7, 11) is 0. The number of hydrogen-bond donors (Lipinski definition) is 2. The lowest BCUT2D eigenvalue weighted by molar-refractivity contribution is 0.0648. The van der Waals surface area contributed by atoms with Gasteiger partial charge in [-0.05, 0) is 78.9 Å². The first-order valence-electron chi connectivity index (χ1n) is 7.66. The van der Waals surface area contributed by atoms with Crippen molar-refractivity contribution in [3.8, 4) is 5.75 Å². The minimum Gasteiger partial charge on any atom is -0.507 e. The molecule has 3 rings (SSSR count). The van der Waals surface area contributed by atoms with Gasteiger partial charge in [-0.1, -0.05) is 0 Å². The van der Waals surface area contributed by atoms with Gasteiger partial charge in [0.2, 0.25) is 0 Å². The molecule has 5 heteroatoms. The first kappa shape index (κ1) is 15.1. The highest BCUT2D eigenvalue weighted by atomic mass is 127. The van der Waals surface area contributed by atoms with Crippen molar-refractivity contribution < 1.29 is 9.90 Å². The van der Waals surface area contributed by atoms with Crippen LogP contribution in [0.5, 0.6) is 5.75 Å². The van der Waals surface area contributed by atoms with Crippen LogP contribution in [0.25, 0.3) is 0 Å². The number of hydrogen-bond acceptors (Lipinski definition) is 3. The molecule has 2 saturated heterocycles. The lowest BCUT2D eigenvalue weighted by Gasteiger charge is -2.36. The summed E-state index contributed by atoms with van der Waals surface area (Å²) < 4.78 is 0.972. The topological polar surface area (TPSA) is 52.6 Å². The quantitative estimate of drug-likeness (QED) is 0.751. The number of nitrogens with one attached hydrogen (secondary N) is 1. The standard InChI is InChI=1S/C16H21IN2O2/c17-12-5-6-15(20)13(9-12)16(21)19-8-2-3-11(10-19)14-4-1-7-18-14/h5-6,9,11,14,18,20H,1-4,7-8,10H2. The number of carbonyl (C=O) groups is 1. The maximum Gasteiger partial charge on any atom is 0.257 e. The van der Waals surface area contributed by atoms with Crippen LogP contribution >= 0.6 is 22.6 Å². The molecule has 0 bridgehead atoms. The summed E-state index contributed by atoms with van der Waals surface area (Å²) in [5, 5.41) is 13.5. The first-order valence-corrected chi connectivity index (χ1v) is 8.74. The van der Waals surface area contributed by atoms with Gasteiger partial charge in [-0.3, -0.25) is 4.79 Å². The van der Waals surface area contributed by atoms with Crippen molar-refractivity contribution in [2.75, 3.05) is 19.6 Å². The summed E-state index contributed by atoms with van der Waals surface area (Å²) in [5.74, 6) is 0.602. The van der Waals surface area contributed by atoms with E-state index in [1.54, 1.807) is 12.1 Å². The van der Waals surface area contributed by atoms with Crippen LogP contribution in [-0.2, 0) is 0 Å². The molecule has 21 heavy (non-hydrogen) atoms. The normalized spacial score (nSPS) is 26.0. The third-order valence-corrected chi connectivity index (χ3v) is 5.27. The van der Waals surface area contributed by atoms with Crippen LogP contribution in [0.4, 0.5) is 0 Å². The molecule has 2 atom stereocenters. The Morgan fingerprint density at radius 1 is 1.33 bits per heavy atom. The molecule has 0 spiro atoms. The number of likely N-dealkylation sites (tertiary alicyclic amines) is 1. The van der Waals surface area contributed by atoms with E-state index in [0.717, 1.165) is 29.6 Å². The van der Waals surface area contributed by atoms with Crippen LogP contribution in [-0.4, -0.2) is 41.6 Å². The zero-order valence-electron chi connectivity index (χ0n) is 12.0. The Hall–Kier alpha value is -0.820. The van der Waals surface area contributed by atoms with E-state index >= 15 is 0 Å². The average molecular weight is 400 g/mol. The Balaban J connectivity index is 1.73. The van der Waals surface area contributed by atoms with Crippen molar-refractivity contribution in [2.45, 2.75) is 31.7 Å². The molecule has 2 N–H and O–H groups in total. The predicted octanol–water partition coefficient (Wildman–Crippen LogP) is 2.60. The summed E-state index contributed by atoms with van der Waals surface area (Å²) >= 11 is 2.17. The number of halogens is 1. The molecule has 2 heterocycles. The van der Waals surface area contributed by atoms with E-state index in [4.69, 9.17) is 0 Å². The Morgan fingerprint density at radius 2 is 2.19 bits per heavy atom. The minimum absolute atomic E-state index is 0.0336. The number of carbonyl (C=O) groups excluding carboxylic acids is 1. The molecule has 0 saturated carbocycles. The highest BCUT2D eigenvalue weighted by molar-refractivity contribution is 14.1. The monoisotopic (exact) mass is 400 g/mol. The zero-order chi connectivity index (χ0) is 14.8. The Labute approximate surface area is 139 Å². The second-order valence-corrected chi connectivity index (χ2v) is 7.26. The highest BCUT2D eigenvalue weighted by Gasteiger charge is 2.31. The number of benzene rings is 1. The molecule has 0 aromatic heterocycles. The summed E-state index contributed by atoms with van der Waals surface area (Å²) in [4.78, 5) is 14.6. The van der Waals surface area contributed by atoms with Crippen LogP contribution in [0.2, 0.25) is 0 Å². The number of amides is 1. The number of rotatable bonds is 2. The number of piperidine rings is 1. The zero-order valence-corrected chi connectivity index (χ0v) is 14.2. The van der Waals surface area contributed by atoms with Crippen LogP contribution in [0.1, 0.15) is 36.0 Å². The van der Waals surface area contributed by atoms with E-state index in [9.17, 15) is 9.90 Å². The van der Waals surface area contributed by atoms with Gasteiger partial charge in [0.1, 0.15) is 5.75 Å². The molecule has 2 fully saturated rings. The minimum atomic E-state index is -0.0336. The summed E-state index contributed by atoms with van der Waals surface area (Å²) in [6.07, 6.45) is 4.72. The van der Waals surface area contributed by atoms with E-state index in [-0.39, 0.29) is 11.7 Å². The molecule has 0 aliphatic carbocycles. The number of nitrogens with zero attached hydrogens (tertiary/aromatic N) is 1. The fraction of sp³-hybridized carbons (Fsp3) is 0.562. The molecule has 1 aromatic rings. The van der Waals surface area contributed by atoms with Crippen molar-refractivity contribution >= 4 is 28.5 Å². The van der Waals surface area contributed by atoms with Crippen molar-refractivity contribution in [3.63, 3.8) is 0 Å². The maximum absolute atomic E-state index is 12.7. The second-order valence-electron chi connectivity index (χ2n) is 6.02. The lowest BCUT2D eigenvalue weighted by Crippen LogP contribution is -2.45. The van der Waals surface area contributed by atoms with Crippen molar-refractivity contribution in [3.05, 3.63) is 27.3 Å². The van der Waals surface area contributed by atoms with Gasteiger partial charge in [0.25, 0.3) is 5.91 Å². The molecule has 2 unspecified atom stereocenters. The fourth-order valence-corrected chi connectivity index (χ4v) is 3.98. The van der Waals surface area contributed by atoms with Crippen LogP contribution < -0.4 is 5.32 Å². The van der Waals surface area contributed by atoms with E-state index in [1.165, 1.54) is 19.3 Å². The first-order chi connectivity index (χ1) is 10.1. The van der Waals surface area contributed by atoms with Gasteiger partial charge in [-0.25, -0.2) is 0 Å². The number of phenolic OH excluding ortho intramolecular Hbond substituents is 1. The fourth-order valence-electron chi connectivity index (χ4n) is 3.49. The smallest absolute Gasteiger partial charge is 0.257 e. The third kappa shape index (κ3) is 3.34. The van der Waals surface area contributed by atoms with Gasteiger partial charge in [0.05, 0.1) is 5.56 Å². The van der Waals surface area contributed by atoms with E-state index in [2.05, 4.69) is 27.9 Å². The van der Waals surface area contributed by atoms with Gasteiger partial charge in [-0.2, -0.15) is 0 Å². The SMILES string of the molecule is O=C(c1cc(I)ccc1O)N1CCCC(C2CCCN2)C1. The third-order valence-electron chi connectivity index (χ3n) is 4.60. The van der Waals surface area contributed by atoms with Gasteiger partial charge in [0, 0.05) is 22.7 Å². The molecule has 2 aliphatic rings. The van der Waals surface area contributed by atoms with Gasteiger partial charge in [0.15, 0.2) is 0 Å². The van der Waals surface area contributed by atoms with E-state index in [1.807, 2.05) is 11.0 Å². The highest BCUT2D eigenvalue weighted by Crippen LogP contribution is 2.28.